The molecular weight excluding hydrogens is 441 g/mol. The molecule has 2 N–H and O–H groups in total. The summed E-state index contributed by atoms with van der Waals surface area (Å²) >= 11 is 1.97. The number of phenolic OH excluding ortho intramolecular Hbond substituents is 1. The number of amides is 1. The fourth-order valence-corrected chi connectivity index (χ4v) is 2.39. The number of ether oxygens (including phenoxy) is 1. The van der Waals surface area contributed by atoms with Crippen molar-refractivity contribution < 1.29 is 19.6 Å². The van der Waals surface area contributed by atoms with Crippen molar-refractivity contribution in [1.29, 1.82) is 0 Å². The molecule has 0 saturated carbocycles. The molecule has 2 aromatic carbocycles. The van der Waals surface area contributed by atoms with E-state index in [1.165, 1.54) is 24.4 Å². The minimum atomic E-state index is -0.565. The Balaban J connectivity index is 1.92. The summed E-state index contributed by atoms with van der Waals surface area (Å²) in [5.74, 6) is -0.378. The van der Waals surface area contributed by atoms with Crippen LogP contribution < -0.4 is 10.2 Å². The van der Waals surface area contributed by atoms with Gasteiger partial charge in [0.1, 0.15) is 5.75 Å². The topological polar surface area (TPSA) is 114 Å². The van der Waals surface area contributed by atoms with E-state index in [0.29, 0.717) is 9.13 Å². The molecule has 0 radical (unpaired) electrons. The van der Waals surface area contributed by atoms with E-state index in [4.69, 9.17) is 4.74 Å². The van der Waals surface area contributed by atoms with Crippen molar-refractivity contribution in [3.63, 3.8) is 0 Å². The van der Waals surface area contributed by atoms with Gasteiger partial charge in [-0.05, 0) is 64.9 Å². The molecule has 2 aromatic rings. The van der Waals surface area contributed by atoms with Gasteiger partial charge in [-0.3, -0.25) is 14.9 Å². The van der Waals surface area contributed by atoms with Gasteiger partial charge in [0.05, 0.1) is 14.7 Å². The number of hydrogen-bond acceptors (Lipinski definition) is 6. The standard InChI is InChI=1S/C16H14IN3O5/c1-10-2-5-15(13(6-10)20(23)24)25-9-16(22)19-18-8-11-3-4-14(21)12(17)7-11/h2-8,21H,9H2,1H3,(H,19,22)/b18-8-. The van der Waals surface area contributed by atoms with E-state index in [-0.39, 0.29) is 17.2 Å². The summed E-state index contributed by atoms with van der Waals surface area (Å²) in [6.07, 6.45) is 1.41. The molecule has 9 heteroatoms. The zero-order chi connectivity index (χ0) is 18.4. The average molecular weight is 455 g/mol. The summed E-state index contributed by atoms with van der Waals surface area (Å²) in [6.45, 7) is 1.32. The SMILES string of the molecule is Cc1ccc(OCC(=O)N/N=C\c2ccc(O)c(I)c2)c([N+](=O)[O-])c1. The molecule has 0 aliphatic rings. The minimum absolute atomic E-state index is 0.0165. The van der Waals surface area contributed by atoms with Gasteiger partial charge in [-0.15, -0.1) is 0 Å². The Morgan fingerprint density at radius 1 is 1.40 bits per heavy atom. The molecule has 0 bridgehead atoms. The lowest BCUT2D eigenvalue weighted by molar-refractivity contribution is -0.385. The number of halogens is 1. The maximum absolute atomic E-state index is 11.7. The molecule has 0 heterocycles. The number of aromatic hydroxyl groups is 1. The maximum atomic E-state index is 11.7. The van der Waals surface area contributed by atoms with Crippen molar-refractivity contribution in [2.75, 3.05) is 6.61 Å². The van der Waals surface area contributed by atoms with Gasteiger partial charge in [0.25, 0.3) is 5.91 Å². The second-order valence-corrected chi connectivity index (χ2v) is 6.18. The monoisotopic (exact) mass is 455 g/mol. The number of nitro groups is 1. The summed E-state index contributed by atoms with van der Waals surface area (Å²) in [7, 11) is 0. The zero-order valence-corrected chi connectivity index (χ0v) is 15.3. The van der Waals surface area contributed by atoms with Gasteiger partial charge in [0.15, 0.2) is 12.4 Å². The van der Waals surface area contributed by atoms with Crippen molar-refractivity contribution in [3.05, 3.63) is 61.2 Å². The number of hydrogen-bond donors (Lipinski definition) is 2. The van der Waals surface area contributed by atoms with Crippen LogP contribution in [0, 0.1) is 20.6 Å². The molecular formula is C16H14IN3O5. The van der Waals surface area contributed by atoms with E-state index in [2.05, 4.69) is 10.5 Å². The number of benzene rings is 2. The molecule has 2 rings (SSSR count). The second-order valence-electron chi connectivity index (χ2n) is 5.02. The Kier molecular flexibility index (Phi) is 6.28. The summed E-state index contributed by atoms with van der Waals surface area (Å²) in [4.78, 5) is 22.1. The lowest BCUT2D eigenvalue weighted by Crippen LogP contribution is -2.24. The molecule has 0 spiro atoms. The predicted molar refractivity (Wildman–Crippen MR) is 99.9 cm³/mol. The third-order valence-electron chi connectivity index (χ3n) is 3.04. The number of nitro benzene ring substituents is 1. The van der Waals surface area contributed by atoms with Crippen molar-refractivity contribution in [2.45, 2.75) is 6.92 Å². The van der Waals surface area contributed by atoms with Gasteiger partial charge in [0.2, 0.25) is 0 Å². The Hall–Kier alpha value is -2.69. The van der Waals surface area contributed by atoms with Gasteiger partial charge in [0, 0.05) is 6.07 Å². The molecule has 1 amide bonds. The van der Waals surface area contributed by atoms with Crippen LogP contribution in [0.2, 0.25) is 0 Å². The molecule has 8 nitrogen and oxygen atoms in total. The van der Waals surface area contributed by atoms with Gasteiger partial charge < -0.3 is 9.84 Å². The van der Waals surface area contributed by atoms with E-state index in [1.807, 2.05) is 22.6 Å². The molecule has 0 fully saturated rings. The molecule has 0 aliphatic heterocycles. The fraction of sp³-hybridized carbons (Fsp3) is 0.125. The summed E-state index contributed by atoms with van der Waals surface area (Å²) in [6, 6.07) is 9.33. The first-order valence-corrected chi connectivity index (χ1v) is 8.13. The molecule has 0 aliphatic carbocycles. The number of nitrogens with zero attached hydrogens (tertiary/aromatic N) is 2. The van der Waals surface area contributed by atoms with Crippen LogP contribution >= 0.6 is 22.6 Å². The van der Waals surface area contributed by atoms with Crippen molar-refractivity contribution >= 4 is 40.4 Å². The first-order chi connectivity index (χ1) is 11.9. The third-order valence-corrected chi connectivity index (χ3v) is 3.91. The first kappa shape index (κ1) is 18.6. The Labute approximate surface area is 156 Å². The normalized spacial score (nSPS) is 10.6. The Morgan fingerprint density at radius 2 is 2.16 bits per heavy atom. The molecule has 0 unspecified atom stereocenters. The molecule has 25 heavy (non-hydrogen) atoms. The fourth-order valence-electron chi connectivity index (χ4n) is 1.85. The number of rotatable bonds is 6. The summed E-state index contributed by atoms with van der Waals surface area (Å²) < 4.78 is 5.85. The molecule has 0 aromatic heterocycles. The van der Waals surface area contributed by atoms with E-state index in [0.717, 1.165) is 5.56 Å². The number of nitrogens with one attached hydrogen (secondary N) is 1. The lowest BCUT2D eigenvalue weighted by Gasteiger charge is -2.06. The van der Waals surface area contributed by atoms with Crippen LogP contribution in [-0.4, -0.2) is 28.8 Å². The quantitative estimate of drug-likeness (QED) is 0.301. The highest BCUT2D eigenvalue weighted by Gasteiger charge is 2.16. The van der Waals surface area contributed by atoms with E-state index in [9.17, 15) is 20.0 Å². The number of carbonyl (C=O) groups is 1. The van der Waals surface area contributed by atoms with Crippen LogP contribution in [0.15, 0.2) is 41.5 Å². The molecule has 130 valence electrons. The van der Waals surface area contributed by atoms with Crippen LogP contribution in [-0.2, 0) is 4.79 Å². The van der Waals surface area contributed by atoms with E-state index >= 15 is 0 Å². The minimum Gasteiger partial charge on any atom is -0.507 e. The van der Waals surface area contributed by atoms with Crippen molar-refractivity contribution in [1.82, 2.24) is 5.43 Å². The first-order valence-electron chi connectivity index (χ1n) is 7.05. The second kappa shape index (κ2) is 8.42. The van der Waals surface area contributed by atoms with Gasteiger partial charge >= 0.3 is 5.69 Å². The van der Waals surface area contributed by atoms with Crippen molar-refractivity contribution in [2.24, 2.45) is 5.10 Å². The van der Waals surface area contributed by atoms with Crippen molar-refractivity contribution in [3.8, 4) is 11.5 Å². The highest BCUT2D eigenvalue weighted by Crippen LogP contribution is 2.27. The highest BCUT2D eigenvalue weighted by atomic mass is 127. The molecule has 0 atom stereocenters. The van der Waals surface area contributed by atoms with E-state index < -0.39 is 17.4 Å². The molecule has 0 saturated heterocycles. The Bertz CT molecular complexity index is 839. The zero-order valence-electron chi connectivity index (χ0n) is 13.1. The Morgan fingerprint density at radius 3 is 2.84 bits per heavy atom. The number of carbonyl (C=O) groups excluding carboxylic acids is 1. The van der Waals surface area contributed by atoms with Crippen LogP contribution in [0.1, 0.15) is 11.1 Å². The largest absolute Gasteiger partial charge is 0.507 e. The van der Waals surface area contributed by atoms with Crippen LogP contribution in [0.3, 0.4) is 0 Å². The highest BCUT2D eigenvalue weighted by molar-refractivity contribution is 14.1. The van der Waals surface area contributed by atoms with Gasteiger partial charge in [-0.1, -0.05) is 6.07 Å². The smallest absolute Gasteiger partial charge is 0.311 e. The lowest BCUT2D eigenvalue weighted by atomic mass is 10.2. The van der Waals surface area contributed by atoms with Gasteiger partial charge in [-0.2, -0.15) is 5.10 Å². The summed E-state index contributed by atoms with van der Waals surface area (Å²) in [5, 5.41) is 24.2. The third kappa shape index (κ3) is 5.41. The average Bonchev–Trinajstić information content (AvgIpc) is 2.56. The van der Waals surface area contributed by atoms with Crippen LogP contribution in [0.5, 0.6) is 11.5 Å². The maximum Gasteiger partial charge on any atom is 0.311 e. The van der Waals surface area contributed by atoms with Gasteiger partial charge in [-0.25, -0.2) is 5.43 Å². The number of phenols is 1. The predicted octanol–water partition coefficient (Wildman–Crippen LogP) is 2.74. The van der Waals surface area contributed by atoms with Crippen LogP contribution in [0.4, 0.5) is 5.69 Å². The van der Waals surface area contributed by atoms with Crippen LogP contribution in [0.25, 0.3) is 0 Å². The summed E-state index contributed by atoms with van der Waals surface area (Å²) in [5.41, 5.74) is 3.48. The van der Waals surface area contributed by atoms with E-state index in [1.54, 1.807) is 25.1 Å². The number of hydrazone groups is 1. The number of aryl methyl sites for hydroxylation is 1.